The van der Waals surface area contributed by atoms with Crippen LogP contribution >= 0.6 is 0 Å². The Morgan fingerprint density at radius 1 is 1.53 bits per heavy atom. The maximum Gasteiger partial charge on any atom is 0.140 e. The summed E-state index contributed by atoms with van der Waals surface area (Å²) in [5.74, 6) is 1.06. The van der Waals surface area contributed by atoms with Crippen LogP contribution in [-0.4, -0.2) is 20.3 Å². The molecular weight excluding hydrogens is 188 g/mol. The van der Waals surface area contributed by atoms with Gasteiger partial charge >= 0.3 is 0 Å². The van der Waals surface area contributed by atoms with E-state index < -0.39 is 0 Å². The lowest BCUT2D eigenvalue weighted by Gasteiger charge is -2.39. The summed E-state index contributed by atoms with van der Waals surface area (Å²) >= 11 is 0. The highest BCUT2D eigenvalue weighted by atomic mass is 15.3. The second-order valence-electron chi connectivity index (χ2n) is 4.67. The Morgan fingerprint density at radius 3 is 2.93 bits per heavy atom. The molecule has 1 aromatic rings. The minimum absolute atomic E-state index is 0.350. The van der Waals surface area contributed by atoms with Crippen molar-refractivity contribution < 1.29 is 0 Å². The third-order valence-electron chi connectivity index (χ3n) is 3.26. The summed E-state index contributed by atoms with van der Waals surface area (Å²) in [4.78, 5) is 4.29. The predicted octanol–water partition coefficient (Wildman–Crippen LogP) is 1.72. The van der Waals surface area contributed by atoms with Gasteiger partial charge in [-0.25, -0.2) is 9.67 Å². The summed E-state index contributed by atoms with van der Waals surface area (Å²) in [5.41, 5.74) is 0.350. The molecule has 15 heavy (non-hydrogen) atoms. The fraction of sp³-hybridized carbons (Fsp3) is 0.818. The molecule has 1 aliphatic carbocycles. The van der Waals surface area contributed by atoms with E-state index in [0.29, 0.717) is 5.54 Å². The van der Waals surface area contributed by atoms with E-state index in [0.717, 1.165) is 25.3 Å². The first-order valence-corrected chi connectivity index (χ1v) is 5.85. The second-order valence-corrected chi connectivity index (χ2v) is 4.67. The van der Waals surface area contributed by atoms with E-state index in [9.17, 15) is 0 Å². The van der Waals surface area contributed by atoms with Crippen LogP contribution in [0.2, 0.25) is 0 Å². The molecule has 0 bridgehead atoms. The Labute approximate surface area is 91.1 Å². The third kappa shape index (κ3) is 2.37. The Hall–Kier alpha value is -0.900. The van der Waals surface area contributed by atoms with Gasteiger partial charge in [0.1, 0.15) is 12.2 Å². The number of hydrogen-bond donors (Lipinski definition) is 1. The molecule has 2 rings (SSSR count). The smallest absolute Gasteiger partial charge is 0.140 e. The molecule has 0 unspecified atom stereocenters. The van der Waals surface area contributed by atoms with Crippen LogP contribution in [0.3, 0.4) is 0 Å². The Bertz CT molecular complexity index is 314. The minimum atomic E-state index is 0.350. The highest BCUT2D eigenvalue weighted by Crippen LogP contribution is 2.30. The molecule has 0 atom stereocenters. The number of nitrogens with one attached hydrogen (secondary N) is 1. The van der Waals surface area contributed by atoms with Crippen molar-refractivity contribution in [2.45, 2.75) is 58.2 Å². The molecule has 1 saturated carbocycles. The molecule has 1 N–H and O–H groups in total. The van der Waals surface area contributed by atoms with Crippen LogP contribution in [0.15, 0.2) is 6.33 Å². The fourth-order valence-corrected chi connectivity index (χ4v) is 2.00. The van der Waals surface area contributed by atoms with Gasteiger partial charge in [-0.2, -0.15) is 5.10 Å². The van der Waals surface area contributed by atoms with Crippen molar-refractivity contribution in [1.29, 1.82) is 0 Å². The van der Waals surface area contributed by atoms with Gasteiger partial charge in [0.05, 0.1) is 6.54 Å². The van der Waals surface area contributed by atoms with Crippen LogP contribution in [0.1, 0.15) is 45.4 Å². The van der Waals surface area contributed by atoms with Gasteiger partial charge in [0, 0.05) is 12.1 Å². The summed E-state index contributed by atoms with van der Waals surface area (Å²) in [7, 11) is 0. The van der Waals surface area contributed by atoms with Crippen molar-refractivity contribution in [2.75, 3.05) is 0 Å². The van der Waals surface area contributed by atoms with Crippen LogP contribution in [0, 0.1) is 0 Å². The normalized spacial score (nSPS) is 18.8. The lowest BCUT2D eigenvalue weighted by atomic mass is 9.78. The molecule has 0 saturated heterocycles. The molecule has 0 amide bonds. The monoisotopic (exact) mass is 208 g/mol. The van der Waals surface area contributed by atoms with E-state index in [1.807, 2.05) is 4.68 Å². The molecule has 1 fully saturated rings. The van der Waals surface area contributed by atoms with Gasteiger partial charge < -0.3 is 5.32 Å². The maximum atomic E-state index is 4.29. The van der Waals surface area contributed by atoms with Crippen LogP contribution in [0.4, 0.5) is 0 Å². The second kappa shape index (κ2) is 4.31. The molecule has 1 aliphatic rings. The van der Waals surface area contributed by atoms with Crippen molar-refractivity contribution in [1.82, 2.24) is 20.1 Å². The number of rotatable bonds is 5. The number of aryl methyl sites for hydroxylation is 1. The fourth-order valence-electron chi connectivity index (χ4n) is 2.00. The first-order valence-electron chi connectivity index (χ1n) is 5.85. The molecule has 0 spiro atoms. The zero-order valence-corrected chi connectivity index (χ0v) is 9.66. The molecule has 0 aliphatic heterocycles. The van der Waals surface area contributed by atoms with Crippen molar-refractivity contribution in [3.05, 3.63) is 12.2 Å². The van der Waals surface area contributed by atoms with Crippen molar-refractivity contribution >= 4 is 0 Å². The van der Waals surface area contributed by atoms with Crippen LogP contribution in [0.25, 0.3) is 0 Å². The summed E-state index contributed by atoms with van der Waals surface area (Å²) in [5, 5.41) is 7.79. The van der Waals surface area contributed by atoms with E-state index in [4.69, 9.17) is 0 Å². The first kappa shape index (κ1) is 10.6. The zero-order chi connectivity index (χ0) is 10.7. The first-order chi connectivity index (χ1) is 7.23. The molecule has 4 heteroatoms. The van der Waals surface area contributed by atoms with Crippen molar-refractivity contribution in [3.63, 3.8) is 0 Å². The van der Waals surface area contributed by atoms with E-state index in [1.165, 1.54) is 19.3 Å². The lowest BCUT2D eigenvalue weighted by Crippen LogP contribution is -2.47. The van der Waals surface area contributed by atoms with E-state index in [-0.39, 0.29) is 0 Å². The van der Waals surface area contributed by atoms with Gasteiger partial charge in [-0.3, -0.25) is 0 Å². The van der Waals surface area contributed by atoms with Crippen LogP contribution in [-0.2, 0) is 13.1 Å². The van der Waals surface area contributed by atoms with E-state index in [1.54, 1.807) is 6.33 Å². The molecule has 4 nitrogen and oxygen atoms in total. The standard InChI is InChI=1S/C11H20N4/c1-3-7-15-10(12-9-14-15)8-13-11(2)5-4-6-11/h9,13H,3-8H2,1-2H3. The third-order valence-corrected chi connectivity index (χ3v) is 3.26. The number of aromatic nitrogens is 3. The van der Waals surface area contributed by atoms with Gasteiger partial charge in [0.25, 0.3) is 0 Å². The van der Waals surface area contributed by atoms with E-state index >= 15 is 0 Å². The number of nitrogens with zero attached hydrogens (tertiary/aromatic N) is 3. The molecule has 0 radical (unpaired) electrons. The van der Waals surface area contributed by atoms with Crippen LogP contribution < -0.4 is 5.32 Å². The summed E-state index contributed by atoms with van der Waals surface area (Å²) in [6.07, 6.45) is 6.68. The van der Waals surface area contributed by atoms with Crippen LogP contribution in [0.5, 0.6) is 0 Å². The lowest BCUT2D eigenvalue weighted by molar-refractivity contribution is 0.204. The summed E-state index contributed by atoms with van der Waals surface area (Å²) in [6.45, 7) is 6.26. The predicted molar refractivity (Wildman–Crippen MR) is 59.4 cm³/mol. The minimum Gasteiger partial charge on any atom is -0.305 e. The highest BCUT2D eigenvalue weighted by Gasteiger charge is 2.31. The Kier molecular flexibility index (Phi) is 3.05. The topological polar surface area (TPSA) is 42.7 Å². The van der Waals surface area contributed by atoms with Crippen molar-refractivity contribution in [3.8, 4) is 0 Å². The zero-order valence-electron chi connectivity index (χ0n) is 9.66. The average molecular weight is 208 g/mol. The maximum absolute atomic E-state index is 4.29. The van der Waals surface area contributed by atoms with Gasteiger partial charge in [0.15, 0.2) is 0 Å². The number of hydrogen-bond acceptors (Lipinski definition) is 3. The van der Waals surface area contributed by atoms with E-state index in [2.05, 4.69) is 29.2 Å². The SMILES string of the molecule is CCCn1ncnc1CNC1(C)CCC1. The Morgan fingerprint density at radius 2 is 2.33 bits per heavy atom. The van der Waals surface area contributed by atoms with Crippen molar-refractivity contribution in [2.24, 2.45) is 0 Å². The molecule has 1 aromatic heterocycles. The molecule has 1 heterocycles. The molecule has 84 valence electrons. The molecular formula is C11H20N4. The summed E-state index contributed by atoms with van der Waals surface area (Å²) < 4.78 is 2.00. The highest BCUT2D eigenvalue weighted by molar-refractivity contribution is 4.94. The van der Waals surface area contributed by atoms with Gasteiger partial charge in [-0.15, -0.1) is 0 Å². The van der Waals surface area contributed by atoms with Gasteiger partial charge in [-0.1, -0.05) is 6.92 Å². The average Bonchev–Trinajstić information content (AvgIpc) is 2.60. The summed E-state index contributed by atoms with van der Waals surface area (Å²) in [6, 6.07) is 0. The Balaban J connectivity index is 1.89. The molecule has 0 aromatic carbocycles. The quantitative estimate of drug-likeness (QED) is 0.801. The largest absolute Gasteiger partial charge is 0.305 e. The van der Waals surface area contributed by atoms with Gasteiger partial charge in [-0.05, 0) is 32.6 Å². The van der Waals surface area contributed by atoms with Gasteiger partial charge in [0.2, 0.25) is 0 Å².